The molecule has 1 amide bonds. The Balaban J connectivity index is 2.53. The first-order chi connectivity index (χ1) is 7.49. The summed E-state index contributed by atoms with van der Waals surface area (Å²) in [7, 11) is 0. The fourth-order valence-corrected chi connectivity index (χ4v) is 1.39. The van der Waals surface area contributed by atoms with E-state index in [1.807, 2.05) is 26.0 Å². The highest BCUT2D eigenvalue weighted by molar-refractivity contribution is 9.10. The number of nitrogens with zero attached hydrogens (tertiary/aromatic N) is 1. The van der Waals surface area contributed by atoms with Gasteiger partial charge in [0, 0.05) is 16.7 Å². The molecule has 1 aromatic rings. The van der Waals surface area contributed by atoms with Gasteiger partial charge >= 0.3 is 0 Å². The summed E-state index contributed by atoms with van der Waals surface area (Å²) in [4.78, 5) is 15.8. The average molecular weight is 286 g/mol. The smallest absolute Gasteiger partial charge is 0.242 e. The Hall–Kier alpha value is -1.10. The van der Waals surface area contributed by atoms with Crippen LogP contribution in [-0.4, -0.2) is 23.0 Å². The molecule has 0 radical (unpaired) electrons. The van der Waals surface area contributed by atoms with Gasteiger partial charge in [-0.3, -0.25) is 4.79 Å². The van der Waals surface area contributed by atoms with Crippen LogP contribution in [0.4, 0.5) is 5.82 Å². The van der Waals surface area contributed by atoms with Gasteiger partial charge in [-0.25, -0.2) is 4.98 Å². The molecule has 16 heavy (non-hydrogen) atoms. The quantitative estimate of drug-likeness (QED) is 0.892. The minimum atomic E-state index is -0.295. The van der Waals surface area contributed by atoms with E-state index >= 15 is 0 Å². The standard InChI is InChI=1S/C11H16BrN3O/c1-7(2)14-11(16)8(3)15-10-5-4-9(12)6-13-10/h4-8H,1-3H3,(H,13,15)(H,14,16). The number of halogens is 1. The van der Waals surface area contributed by atoms with Crippen LogP contribution in [0.2, 0.25) is 0 Å². The van der Waals surface area contributed by atoms with Crippen LogP contribution in [0.3, 0.4) is 0 Å². The van der Waals surface area contributed by atoms with E-state index < -0.39 is 0 Å². The molecule has 0 saturated carbocycles. The molecule has 4 nitrogen and oxygen atoms in total. The number of aromatic nitrogens is 1. The number of carbonyl (C=O) groups excluding carboxylic acids is 1. The Kier molecular flexibility index (Phi) is 4.73. The maximum atomic E-state index is 11.6. The molecule has 2 N–H and O–H groups in total. The molecule has 5 heteroatoms. The van der Waals surface area contributed by atoms with Crippen LogP contribution in [0.5, 0.6) is 0 Å². The summed E-state index contributed by atoms with van der Waals surface area (Å²) in [6, 6.07) is 3.55. The Morgan fingerprint density at radius 3 is 2.56 bits per heavy atom. The summed E-state index contributed by atoms with van der Waals surface area (Å²) >= 11 is 3.30. The third-order valence-corrected chi connectivity index (χ3v) is 2.39. The molecule has 0 aliphatic heterocycles. The molecular weight excluding hydrogens is 270 g/mol. The number of amides is 1. The van der Waals surface area contributed by atoms with Gasteiger partial charge in [0.05, 0.1) is 0 Å². The Morgan fingerprint density at radius 1 is 1.38 bits per heavy atom. The predicted octanol–water partition coefficient (Wildman–Crippen LogP) is 2.17. The van der Waals surface area contributed by atoms with Gasteiger partial charge in [0.1, 0.15) is 11.9 Å². The van der Waals surface area contributed by atoms with E-state index in [9.17, 15) is 4.79 Å². The van der Waals surface area contributed by atoms with Crippen LogP contribution in [0.1, 0.15) is 20.8 Å². The third kappa shape index (κ3) is 4.18. The zero-order valence-electron chi connectivity index (χ0n) is 9.62. The molecule has 1 heterocycles. The number of rotatable bonds is 4. The van der Waals surface area contributed by atoms with Crippen molar-refractivity contribution in [2.75, 3.05) is 5.32 Å². The van der Waals surface area contributed by atoms with Crippen molar-refractivity contribution in [1.82, 2.24) is 10.3 Å². The van der Waals surface area contributed by atoms with E-state index in [0.29, 0.717) is 5.82 Å². The molecular formula is C11H16BrN3O. The van der Waals surface area contributed by atoms with Gasteiger partial charge in [-0.1, -0.05) is 0 Å². The summed E-state index contributed by atoms with van der Waals surface area (Å²) in [6.45, 7) is 5.67. The van der Waals surface area contributed by atoms with Crippen LogP contribution < -0.4 is 10.6 Å². The van der Waals surface area contributed by atoms with E-state index in [0.717, 1.165) is 4.47 Å². The second-order valence-electron chi connectivity index (χ2n) is 3.89. The van der Waals surface area contributed by atoms with Crippen molar-refractivity contribution in [1.29, 1.82) is 0 Å². The van der Waals surface area contributed by atoms with Crippen molar-refractivity contribution in [3.8, 4) is 0 Å². The van der Waals surface area contributed by atoms with Crippen molar-refractivity contribution in [3.05, 3.63) is 22.8 Å². The summed E-state index contributed by atoms with van der Waals surface area (Å²) < 4.78 is 0.914. The molecule has 1 atom stereocenters. The predicted molar refractivity (Wildman–Crippen MR) is 68.3 cm³/mol. The lowest BCUT2D eigenvalue weighted by molar-refractivity contribution is -0.122. The molecule has 1 rings (SSSR count). The number of anilines is 1. The van der Waals surface area contributed by atoms with Crippen molar-refractivity contribution in [2.45, 2.75) is 32.9 Å². The van der Waals surface area contributed by atoms with Gasteiger partial charge in [0.2, 0.25) is 5.91 Å². The maximum Gasteiger partial charge on any atom is 0.242 e. The van der Waals surface area contributed by atoms with Gasteiger partial charge in [0.25, 0.3) is 0 Å². The summed E-state index contributed by atoms with van der Waals surface area (Å²) in [5.74, 6) is 0.661. The van der Waals surface area contributed by atoms with Crippen LogP contribution in [0, 0.1) is 0 Å². The fourth-order valence-electron chi connectivity index (χ4n) is 1.16. The lowest BCUT2D eigenvalue weighted by atomic mass is 10.3. The van der Waals surface area contributed by atoms with E-state index in [2.05, 4.69) is 31.5 Å². The fraction of sp³-hybridized carbons (Fsp3) is 0.455. The maximum absolute atomic E-state index is 11.6. The average Bonchev–Trinajstić information content (AvgIpc) is 2.20. The van der Waals surface area contributed by atoms with Gasteiger partial charge in [-0.15, -0.1) is 0 Å². The highest BCUT2D eigenvalue weighted by Crippen LogP contribution is 2.11. The lowest BCUT2D eigenvalue weighted by Gasteiger charge is -2.16. The highest BCUT2D eigenvalue weighted by atomic mass is 79.9. The zero-order valence-corrected chi connectivity index (χ0v) is 11.2. The Morgan fingerprint density at radius 2 is 2.06 bits per heavy atom. The molecule has 1 aromatic heterocycles. The molecule has 0 bridgehead atoms. The van der Waals surface area contributed by atoms with Crippen molar-refractivity contribution >= 4 is 27.7 Å². The second kappa shape index (κ2) is 5.84. The van der Waals surface area contributed by atoms with Gasteiger partial charge in [-0.05, 0) is 48.8 Å². The minimum Gasteiger partial charge on any atom is -0.359 e. The lowest BCUT2D eigenvalue weighted by Crippen LogP contribution is -2.41. The Bertz CT molecular complexity index is 351. The number of pyridine rings is 1. The van der Waals surface area contributed by atoms with Crippen molar-refractivity contribution in [3.63, 3.8) is 0 Å². The molecule has 1 unspecified atom stereocenters. The first kappa shape index (κ1) is 13.0. The third-order valence-electron chi connectivity index (χ3n) is 1.92. The van der Waals surface area contributed by atoms with E-state index in [1.165, 1.54) is 0 Å². The van der Waals surface area contributed by atoms with Crippen LogP contribution in [0.15, 0.2) is 22.8 Å². The molecule has 0 saturated heterocycles. The molecule has 0 aromatic carbocycles. The second-order valence-corrected chi connectivity index (χ2v) is 4.81. The first-order valence-electron chi connectivity index (χ1n) is 5.17. The minimum absolute atomic E-state index is 0.0280. The van der Waals surface area contributed by atoms with E-state index in [1.54, 1.807) is 13.1 Å². The molecule has 88 valence electrons. The topological polar surface area (TPSA) is 54.0 Å². The van der Waals surface area contributed by atoms with E-state index in [-0.39, 0.29) is 18.0 Å². The zero-order chi connectivity index (χ0) is 12.1. The molecule has 0 aliphatic carbocycles. The van der Waals surface area contributed by atoms with Gasteiger partial charge in [-0.2, -0.15) is 0 Å². The highest BCUT2D eigenvalue weighted by Gasteiger charge is 2.13. The summed E-state index contributed by atoms with van der Waals surface area (Å²) in [5.41, 5.74) is 0. The van der Waals surface area contributed by atoms with Crippen LogP contribution >= 0.6 is 15.9 Å². The molecule has 0 fully saturated rings. The largest absolute Gasteiger partial charge is 0.359 e. The monoisotopic (exact) mass is 285 g/mol. The summed E-state index contributed by atoms with van der Waals surface area (Å²) in [5, 5.41) is 5.87. The normalized spacial score (nSPS) is 12.3. The molecule has 0 aliphatic rings. The van der Waals surface area contributed by atoms with Crippen LogP contribution in [-0.2, 0) is 4.79 Å². The van der Waals surface area contributed by atoms with Gasteiger partial charge in [0.15, 0.2) is 0 Å². The van der Waals surface area contributed by atoms with Crippen molar-refractivity contribution < 1.29 is 4.79 Å². The number of carbonyl (C=O) groups is 1. The number of hydrogen-bond donors (Lipinski definition) is 2. The van der Waals surface area contributed by atoms with Gasteiger partial charge < -0.3 is 10.6 Å². The Labute approximate surface area is 104 Å². The first-order valence-corrected chi connectivity index (χ1v) is 5.97. The van der Waals surface area contributed by atoms with E-state index in [4.69, 9.17) is 0 Å². The van der Waals surface area contributed by atoms with Crippen LogP contribution in [0.25, 0.3) is 0 Å². The number of hydrogen-bond acceptors (Lipinski definition) is 3. The summed E-state index contributed by atoms with van der Waals surface area (Å²) in [6.07, 6.45) is 1.69. The number of nitrogens with one attached hydrogen (secondary N) is 2. The molecule has 0 spiro atoms. The van der Waals surface area contributed by atoms with Crippen molar-refractivity contribution in [2.24, 2.45) is 0 Å². The SMILES string of the molecule is CC(C)NC(=O)C(C)Nc1ccc(Br)cn1.